The van der Waals surface area contributed by atoms with Gasteiger partial charge >= 0.3 is 6.09 Å². The lowest BCUT2D eigenvalue weighted by atomic mass is 10.2. The van der Waals surface area contributed by atoms with E-state index in [9.17, 15) is 19.5 Å². The van der Waals surface area contributed by atoms with Gasteiger partial charge in [0, 0.05) is 62.4 Å². The van der Waals surface area contributed by atoms with Gasteiger partial charge in [0.1, 0.15) is 6.29 Å². The van der Waals surface area contributed by atoms with Gasteiger partial charge in [-0.25, -0.2) is 19.7 Å². The Bertz CT molecular complexity index is 1160. The Morgan fingerprint density at radius 1 is 1.06 bits per heavy atom. The molecule has 10 nitrogen and oxygen atoms in total. The Labute approximate surface area is 183 Å². The lowest BCUT2D eigenvalue weighted by molar-refractivity contribution is -0.107. The summed E-state index contributed by atoms with van der Waals surface area (Å²) in [5.74, 6) is 0.846. The molecule has 0 spiro atoms. The van der Waals surface area contributed by atoms with E-state index in [-0.39, 0.29) is 11.4 Å². The molecular formula is C22H22N6O4. The highest BCUT2D eigenvalue weighted by Gasteiger charge is 2.24. The summed E-state index contributed by atoms with van der Waals surface area (Å²) < 4.78 is 1.52. The van der Waals surface area contributed by atoms with Crippen molar-refractivity contribution in [2.45, 2.75) is 12.8 Å². The number of aldehydes is 1. The van der Waals surface area contributed by atoms with E-state index in [1.54, 1.807) is 29.6 Å². The predicted octanol–water partition coefficient (Wildman–Crippen LogP) is 1.62. The minimum Gasteiger partial charge on any atom is -0.465 e. The fraction of sp³-hybridized carbons (Fsp3) is 0.273. The summed E-state index contributed by atoms with van der Waals surface area (Å²) >= 11 is 0. The first kappa shape index (κ1) is 21.2. The molecule has 1 aromatic carbocycles. The summed E-state index contributed by atoms with van der Waals surface area (Å²) in [6.45, 7) is 1.33. The number of benzene rings is 1. The molecule has 0 aliphatic carbocycles. The number of hydrogen-bond acceptors (Lipinski definition) is 7. The molecule has 3 aromatic rings. The molecule has 1 N–H and O–H groups in total. The molecule has 164 valence electrons. The molecule has 1 amide bonds. The van der Waals surface area contributed by atoms with Gasteiger partial charge in [-0.3, -0.25) is 9.36 Å². The fourth-order valence-corrected chi connectivity index (χ4v) is 3.58. The largest absolute Gasteiger partial charge is 0.465 e. The highest BCUT2D eigenvalue weighted by Crippen LogP contribution is 2.18. The number of aromatic nitrogens is 4. The van der Waals surface area contributed by atoms with Crippen LogP contribution in [0.1, 0.15) is 12.1 Å². The summed E-state index contributed by atoms with van der Waals surface area (Å²) in [4.78, 5) is 51.5. The van der Waals surface area contributed by atoms with Crippen molar-refractivity contribution in [2.24, 2.45) is 0 Å². The van der Waals surface area contributed by atoms with Crippen LogP contribution in [0.25, 0.3) is 17.1 Å². The topological polar surface area (TPSA) is 122 Å². The average Bonchev–Trinajstić information content (AvgIpc) is 2.84. The number of amides is 1. The zero-order chi connectivity index (χ0) is 22.5. The Kier molecular flexibility index (Phi) is 6.20. The molecule has 1 fully saturated rings. The third-order valence-corrected chi connectivity index (χ3v) is 5.28. The minimum atomic E-state index is -0.975. The summed E-state index contributed by atoms with van der Waals surface area (Å²) in [7, 11) is 0. The van der Waals surface area contributed by atoms with Crippen LogP contribution in [0.15, 0.2) is 53.7 Å². The van der Waals surface area contributed by atoms with E-state index in [1.165, 1.54) is 9.47 Å². The molecule has 0 unspecified atom stereocenters. The van der Waals surface area contributed by atoms with Crippen molar-refractivity contribution in [3.8, 4) is 17.1 Å². The van der Waals surface area contributed by atoms with E-state index in [1.807, 2.05) is 24.3 Å². The van der Waals surface area contributed by atoms with Gasteiger partial charge in [0.2, 0.25) is 0 Å². The van der Waals surface area contributed by atoms with Crippen LogP contribution in [0.5, 0.6) is 0 Å². The van der Waals surface area contributed by atoms with Crippen molar-refractivity contribution in [3.05, 3.63) is 65.0 Å². The summed E-state index contributed by atoms with van der Waals surface area (Å²) in [5.41, 5.74) is 1.78. The maximum absolute atomic E-state index is 13.3. The molecule has 0 saturated carbocycles. The number of carboxylic acid groups (broad SMARTS) is 1. The molecule has 1 saturated heterocycles. The number of anilines is 1. The summed E-state index contributed by atoms with van der Waals surface area (Å²) in [6, 6.07) is 9.04. The molecule has 1 aliphatic rings. The molecule has 0 bridgehead atoms. The second-order valence-electron chi connectivity index (χ2n) is 7.31. The van der Waals surface area contributed by atoms with Crippen LogP contribution in [0.4, 0.5) is 10.6 Å². The van der Waals surface area contributed by atoms with Gasteiger partial charge in [-0.15, -0.1) is 0 Å². The normalized spacial score (nSPS) is 13.8. The summed E-state index contributed by atoms with van der Waals surface area (Å²) in [6.07, 6.45) is 5.52. The van der Waals surface area contributed by atoms with Gasteiger partial charge in [-0.2, -0.15) is 0 Å². The number of piperazine rings is 1. The van der Waals surface area contributed by atoms with Crippen molar-refractivity contribution >= 4 is 18.2 Å². The number of rotatable bonds is 6. The molecule has 0 radical (unpaired) electrons. The van der Waals surface area contributed by atoms with Crippen molar-refractivity contribution in [1.29, 1.82) is 0 Å². The van der Waals surface area contributed by atoms with Crippen LogP contribution in [0.3, 0.4) is 0 Å². The van der Waals surface area contributed by atoms with Gasteiger partial charge in [0.25, 0.3) is 5.56 Å². The maximum Gasteiger partial charge on any atom is 0.407 e. The predicted molar refractivity (Wildman–Crippen MR) is 117 cm³/mol. The standard InChI is InChI=1S/C22H22N6O4/c29-14-1-3-17-15-28(18-6-4-16(5-7-18)19-23-8-2-9-24-19)21(30)20(25-17)26-10-12-27(13-11-26)22(31)32/h2,4-9,14-15H,1,3,10-13H2,(H,31,32). The van der Waals surface area contributed by atoms with Crippen LogP contribution >= 0.6 is 0 Å². The lowest BCUT2D eigenvalue weighted by Gasteiger charge is -2.33. The van der Waals surface area contributed by atoms with Crippen molar-refractivity contribution in [1.82, 2.24) is 24.4 Å². The van der Waals surface area contributed by atoms with Crippen LogP contribution < -0.4 is 10.5 Å². The summed E-state index contributed by atoms with van der Waals surface area (Å²) in [5, 5.41) is 9.17. The van der Waals surface area contributed by atoms with Crippen LogP contribution in [-0.4, -0.2) is 68.1 Å². The fourth-order valence-electron chi connectivity index (χ4n) is 3.58. The monoisotopic (exact) mass is 434 g/mol. The number of carbonyl (C=O) groups is 2. The van der Waals surface area contributed by atoms with Gasteiger partial charge < -0.3 is 19.7 Å². The van der Waals surface area contributed by atoms with Crippen LogP contribution in [0.2, 0.25) is 0 Å². The van der Waals surface area contributed by atoms with E-state index in [4.69, 9.17) is 0 Å². The number of nitrogens with zero attached hydrogens (tertiary/aromatic N) is 6. The molecule has 3 heterocycles. The molecule has 2 aromatic heterocycles. The average molecular weight is 434 g/mol. The van der Waals surface area contributed by atoms with Crippen molar-refractivity contribution < 1.29 is 14.7 Å². The van der Waals surface area contributed by atoms with E-state index < -0.39 is 6.09 Å². The first-order valence-corrected chi connectivity index (χ1v) is 10.2. The first-order chi connectivity index (χ1) is 15.6. The Balaban J connectivity index is 1.68. The van der Waals surface area contributed by atoms with Crippen molar-refractivity contribution in [3.63, 3.8) is 0 Å². The van der Waals surface area contributed by atoms with Gasteiger partial charge in [0.05, 0.1) is 5.69 Å². The quantitative estimate of drug-likeness (QED) is 0.581. The zero-order valence-electron chi connectivity index (χ0n) is 17.3. The zero-order valence-corrected chi connectivity index (χ0v) is 17.3. The highest BCUT2D eigenvalue weighted by atomic mass is 16.4. The van der Waals surface area contributed by atoms with Gasteiger partial charge in [0.15, 0.2) is 11.6 Å². The smallest absolute Gasteiger partial charge is 0.407 e. The van der Waals surface area contributed by atoms with E-state index in [2.05, 4.69) is 15.0 Å². The van der Waals surface area contributed by atoms with Crippen LogP contribution in [-0.2, 0) is 11.2 Å². The number of carbonyl (C=O) groups excluding carboxylic acids is 1. The highest BCUT2D eigenvalue weighted by molar-refractivity contribution is 5.65. The Hall–Kier alpha value is -4.08. The lowest BCUT2D eigenvalue weighted by Crippen LogP contribution is -2.50. The van der Waals surface area contributed by atoms with E-state index >= 15 is 0 Å². The second-order valence-corrected chi connectivity index (χ2v) is 7.31. The van der Waals surface area contributed by atoms with E-state index in [0.717, 1.165) is 11.8 Å². The molecule has 0 atom stereocenters. The molecular weight excluding hydrogens is 412 g/mol. The minimum absolute atomic E-state index is 0.258. The van der Waals surface area contributed by atoms with Crippen LogP contribution in [0, 0.1) is 0 Å². The Morgan fingerprint density at radius 2 is 1.75 bits per heavy atom. The Morgan fingerprint density at radius 3 is 2.38 bits per heavy atom. The SMILES string of the molecule is O=CCCc1cn(-c2ccc(-c3ncccn3)cc2)c(=O)c(N2CCN(C(=O)O)CC2)n1. The number of aryl methyl sites for hydroxylation is 1. The second kappa shape index (κ2) is 9.38. The molecule has 4 rings (SSSR count). The maximum atomic E-state index is 13.3. The third kappa shape index (κ3) is 4.48. The van der Waals surface area contributed by atoms with Gasteiger partial charge in [-0.1, -0.05) is 0 Å². The third-order valence-electron chi connectivity index (χ3n) is 5.28. The first-order valence-electron chi connectivity index (χ1n) is 10.2. The van der Waals surface area contributed by atoms with E-state index in [0.29, 0.717) is 56.2 Å². The van der Waals surface area contributed by atoms with Gasteiger partial charge in [-0.05, 0) is 36.8 Å². The molecule has 32 heavy (non-hydrogen) atoms. The molecule has 10 heteroatoms. The molecule has 1 aliphatic heterocycles. The van der Waals surface area contributed by atoms with Crippen molar-refractivity contribution in [2.75, 3.05) is 31.1 Å². The number of hydrogen-bond donors (Lipinski definition) is 1.